The van der Waals surface area contributed by atoms with E-state index in [-0.39, 0.29) is 11.9 Å². The van der Waals surface area contributed by atoms with Crippen molar-refractivity contribution in [3.05, 3.63) is 18.0 Å². The van der Waals surface area contributed by atoms with Crippen molar-refractivity contribution in [2.75, 3.05) is 26.0 Å². The second kappa shape index (κ2) is 7.94. The Morgan fingerprint density at radius 3 is 2.55 bits per heavy atom. The molecule has 0 aliphatic carbocycles. The first-order chi connectivity index (χ1) is 9.58. The molecule has 1 aromatic heterocycles. The molecule has 2 N–H and O–H groups in total. The number of carbonyl (C=O) groups excluding carboxylic acids is 1. The molecule has 0 saturated heterocycles. The van der Waals surface area contributed by atoms with Crippen LogP contribution in [-0.2, 0) is 11.3 Å². The third-order valence-corrected chi connectivity index (χ3v) is 3.66. The monoisotopic (exact) mass is 281 g/mol. The van der Waals surface area contributed by atoms with E-state index in [9.17, 15) is 4.79 Å². The van der Waals surface area contributed by atoms with Crippen LogP contribution in [0.1, 0.15) is 44.1 Å². The molecule has 1 aromatic rings. The molecular weight excluding hydrogens is 254 g/mol. The molecule has 114 valence electrons. The lowest BCUT2D eigenvalue weighted by atomic mass is 10.1. The normalized spacial score (nSPS) is 11.1. The van der Waals surface area contributed by atoms with E-state index in [1.54, 1.807) is 13.2 Å². The molecule has 1 amide bonds. The van der Waals surface area contributed by atoms with Crippen LogP contribution in [0.5, 0.6) is 0 Å². The molecule has 0 bridgehead atoms. The van der Waals surface area contributed by atoms with Crippen LogP contribution in [0.2, 0.25) is 0 Å². The van der Waals surface area contributed by atoms with Gasteiger partial charge >= 0.3 is 0 Å². The summed E-state index contributed by atoms with van der Waals surface area (Å²) in [6.45, 7) is 8.11. The number of nitrogens with zero attached hydrogens (tertiary/aromatic N) is 2. The number of hydrogen-bond donors (Lipinski definition) is 1. The van der Waals surface area contributed by atoms with E-state index in [0.717, 1.165) is 19.4 Å². The molecule has 0 spiro atoms. The molecule has 0 radical (unpaired) electrons. The van der Waals surface area contributed by atoms with Crippen molar-refractivity contribution in [2.45, 2.75) is 46.2 Å². The Morgan fingerprint density at radius 2 is 2.05 bits per heavy atom. The molecular formula is C15H27N3O2. The maximum atomic E-state index is 12.8. The zero-order valence-electron chi connectivity index (χ0n) is 13.1. The Labute approximate surface area is 121 Å². The Morgan fingerprint density at radius 1 is 1.40 bits per heavy atom. The highest BCUT2D eigenvalue weighted by Gasteiger charge is 2.24. The van der Waals surface area contributed by atoms with Crippen molar-refractivity contribution in [3.8, 4) is 0 Å². The molecule has 1 rings (SSSR count). The van der Waals surface area contributed by atoms with Gasteiger partial charge in [0, 0.05) is 32.4 Å². The summed E-state index contributed by atoms with van der Waals surface area (Å²) < 4.78 is 7.04. The van der Waals surface area contributed by atoms with Crippen LogP contribution in [0, 0.1) is 0 Å². The highest BCUT2D eigenvalue weighted by atomic mass is 16.5. The van der Waals surface area contributed by atoms with E-state index in [4.69, 9.17) is 10.5 Å². The van der Waals surface area contributed by atoms with Crippen LogP contribution >= 0.6 is 0 Å². The molecule has 20 heavy (non-hydrogen) atoms. The lowest BCUT2D eigenvalue weighted by Crippen LogP contribution is -2.42. The average Bonchev–Trinajstić information content (AvgIpc) is 2.84. The van der Waals surface area contributed by atoms with Crippen molar-refractivity contribution in [1.29, 1.82) is 0 Å². The standard InChI is InChI=1S/C15H27N3O2/c1-5-13(6-2)18(8-9-20-4)15(19)14-10-12(16)11-17(14)7-3/h10-11,13H,5-9,16H2,1-4H3. The predicted molar refractivity (Wildman–Crippen MR) is 81.8 cm³/mol. The van der Waals surface area contributed by atoms with Crippen LogP contribution in [0.3, 0.4) is 0 Å². The van der Waals surface area contributed by atoms with Crippen molar-refractivity contribution < 1.29 is 9.53 Å². The zero-order chi connectivity index (χ0) is 15.1. The van der Waals surface area contributed by atoms with Gasteiger partial charge in [-0.15, -0.1) is 0 Å². The summed E-state index contributed by atoms with van der Waals surface area (Å²) in [7, 11) is 1.66. The minimum absolute atomic E-state index is 0.0364. The number of ether oxygens (including phenoxy) is 1. The van der Waals surface area contributed by atoms with E-state index in [1.807, 2.05) is 22.6 Å². The van der Waals surface area contributed by atoms with Gasteiger partial charge in [-0.05, 0) is 25.8 Å². The summed E-state index contributed by atoms with van der Waals surface area (Å²) in [5.41, 5.74) is 7.11. The maximum absolute atomic E-state index is 12.8. The first-order valence-electron chi connectivity index (χ1n) is 7.34. The van der Waals surface area contributed by atoms with Gasteiger partial charge in [-0.3, -0.25) is 4.79 Å². The molecule has 1 heterocycles. The number of nitrogen functional groups attached to an aromatic ring is 1. The summed E-state index contributed by atoms with van der Waals surface area (Å²) in [6, 6.07) is 1.99. The summed E-state index contributed by atoms with van der Waals surface area (Å²) in [6.07, 6.45) is 3.69. The second-order valence-corrected chi connectivity index (χ2v) is 4.91. The van der Waals surface area contributed by atoms with Gasteiger partial charge in [0.2, 0.25) is 0 Å². The van der Waals surface area contributed by atoms with Gasteiger partial charge in [-0.25, -0.2) is 0 Å². The number of methoxy groups -OCH3 is 1. The van der Waals surface area contributed by atoms with E-state index in [0.29, 0.717) is 24.5 Å². The molecule has 5 heteroatoms. The van der Waals surface area contributed by atoms with Gasteiger partial charge in [0.15, 0.2) is 0 Å². The van der Waals surface area contributed by atoms with Crippen LogP contribution < -0.4 is 5.73 Å². The fourth-order valence-corrected chi connectivity index (χ4v) is 2.49. The fourth-order valence-electron chi connectivity index (χ4n) is 2.49. The van der Waals surface area contributed by atoms with E-state index < -0.39 is 0 Å². The molecule has 0 unspecified atom stereocenters. The van der Waals surface area contributed by atoms with Crippen molar-refractivity contribution >= 4 is 11.6 Å². The number of amides is 1. The van der Waals surface area contributed by atoms with Crippen LogP contribution in [-0.4, -0.2) is 41.7 Å². The molecule has 5 nitrogen and oxygen atoms in total. The first kappa shape index (κ1) is 16.6. The molecule has 0 atom stereocenters. The van der Waals surface area contributed by atoms with Crippen LogP contribution in [0.25, 0.3) is 0 Å². The van der Waals surface area contributed by atoms with E-state index in [2.05, 4.69) is 13.8 Å². The largest absolute Gasteiger partial charge is 0.397 e. The van der Waals surface area contributed by atoms with Gasteiger partial charge < -0.3 is 19.9 Å². The number of nitrogens with two attached hydrogens (primary N) is 1. The Kier molecular flexibility index (Phi) is 6.58. The predicted octanol–water partition coefficient (Wildman–Crippen LogP) is 2.37. The van der Waals surface area contributed by atoms with Gasteiger partial charge in [-0.1, -0.05) is 13.8 Å². The van der Waals surface area contributed by atoms with Gasteiger partial charge in [0.05, 0.1) is 12.3 Å². The quantitative estimate of drug-likeness (QED) is 0.795. The zero-order valence-corrected chi connectivity index (χ0v) is 13.1. The lowest BCUT2D eigenvalue weighted by molar-refractivity contribution is 0.0579. The van der Waals surface area contributed by atoms with Gasteiger partial charge in [-0.2, -0.15) is 0 Å². The topological polar surface area (TPSA) is 60.5 Å². The third-order valence-electron chi connectivity index (χ3n) is 3.66. The lowest BCUT2D eigenvalue weighted by Gasteiger charge is -2.30. The Balaban J connectivity index is 3.02. The number of hydrogen-bond acceptors (Lipinski definition) is 3. The summed E-state index contributed by atoms with van der Waals surface area (Å²) in [5.74, 6) is 0.0364. The smallest absolute Gasteiger partial charge is 0.270 e. The SMILES string of the molecule is CCC(CC)N(CCOC)C(=O)c1cc(N)cn1CC. The highest BCUT2D eigenvalue weighted by molar-refractivity contribution is 5.94. The van der Waals surface area contributed by atoms with Crippen LogP contribution in [0.15, 0.2) is 12.3 Å². The summed E-state index contributed by atoms with van der Waals surface area (Å²) in [4.78, 5) is 14.7. The van der Waals surface area contributed by atoms with Crippen LogP contribution in [0.4, 0.5) is 5.69 Å². The Hall–Kier alpha value is -1.49. The molecule has 0 fully saturated rings. The molecule has 0 aromatic carbocycles. The van der Waals surface area contributed by atoms with Crippen molar-refractivity contribution in [1.82, 2.24) is 9.47 Å². The number of anilines is 1. The minimum atomic E-state index is 0.0364. The number of rotatable bonds is 8. The maximum Gasteiger partial charge on any atom is 0.270 e. The number of aromatic nitrogens is 1. The van der Waals surface area contributed by atoms with Gasteiger partial charge in [0.1, 0.15) is 5.69 Å². The number of carbonyl (C=O) groups is 1. The number of aryl methyl sites for hydroxylation is 1. The van der Waals surface area contributed by atoms with E-state index >= 15 is 0 Å². The highest BCUT2D eigenvalue weighted by Crippen LogP contribution is 2.17. The van der Waals surface area contributed by atoms with Gasteiger partial charge in [0.25, 0.3) is 5.91 Å². The van der Waals surface area contributed by atoms with Crippen molar-refractivity contribution in [2.24, 2.45) is 0 Å². The first-order valence-corrected chi connectivity index (χ1v) is 7.34. The van der Waals surface area contributed by atoms with E-state index in [1.165, 1.54) is 0 Å². The molecule has 0 aliphatic rings. The average molecular weight is 281 g/mol. The third kappa shape index (κ3) is 3.76. The Bertz CT molecular complexity index is 425. The fraction of sp³-hybridized carbons (Fsp3) is 0.667. The second-order valence-electron chi connectivity index (χ2n) is 4.91. The molecule has 0 saturated carbocycles. The summed E-state index contributed by atoms with van der Waals surface area (Å²) >= 11 is 0. The van der Waals surface area contributed by atoms with Crippen molar-refractivity contribution in [3.63, 3.8) is 0 Å². The minimum Gasteiger partial charge on any atom is -0.397 e. The molecule has 0 aliphatic heterocycles. The summed E-state index contributed by atoms with van der Waals surface area (Å²) in [5, 5.41) is 0.